The fourth-order valence-electron chi connectivity index (χ4n) is 4.34. The van der Waals surface area contributed by atoms with Gasteiger partial charge in [-0.25, -0.2) is 15.0 Å². The molecule has 1 aliphatic carbocycles. The van der Waals surface area contributed by atoms with Gasteiger partial charge >= 0.3 is 0 Å². The van der Waals surface area contributed by atoms with Gasteiger partial charge in [-0.05, 0) is 49.4 Å². The van der Waals surface area contributed by atoms with E-state index in [-0.39, 0.29) is 0 Å². The van der Waals surface area contributed by atoms with Crippen LogP contribution in [-0.2, 0) is 0 Å². The number of benzene rings is 1. The van der Waals surface area contributed by atoms with Gasteiger partial charge in [0, 0.05) is 36.9 Å². The topological polar surface area (TPSA) is 75.2 Å². The standard InChI is InChI=1S/C22H23ClN6O/c23-17-4-3-14(8-19(17)30-11-13-1-2-13)27-22-21-18(25-12-26-22)5-6-20(28-21)29-10-15-7-16(29)9-24-15/h3-6,8,12-13,15-16,24H,1-2,7,9-11H2,(H,25,26,27)/t15-,16-/m0/s1. The van der Waals surface area contributed by atoms with E-state index in [1.807, 2.05) is 24.3 Å². The summed E-state index contributed by atoms with van der Waals surface area (Å²) in [6.07, 6.45) is 5.23. The quantitative estimate of drug-likeness (QED) is 0.626. The Kier molecular flexibility index (Phi) is 4.39. The first-order valence-corrected chi connectivity index (χ1v) is 10.9. The normalized spacial score (nSPS) is 22.6. The van der Waals surface area contributed by atoms with E-state index in [9.17, 15) is 0 Å². The molecule has 30 heavy (non-hydrogen) atoms. The molecule has 2 aliphatic heterocycles. The highest BCUT2D eigenvalue weighted by Gasteiger charge is 2.38. The summed E-state index contributed by atoms with van der Waals surface area (Å²) in [6.45, 7) is 2.74. The molecule has 1 saturated carbocycles. The van der Waals surface area contributed by atoms with Crippen LogP contribution in [0.25, 0.3) is 11.0 Å². The van der Waals surface area contributed by atoms with E-state index in [0.29, 0.717) is 34.6 Å². The SMILES string of the molecule is Clc1ccc(Nc2ncnc3ccc(N4C[C@@H]5C[C@H]4CN5)nc23)cc1OCC1CC1. The van der Waals surface area contributed by atoms with E-state index >= 15 is 0 Å². The van der Waals surface area contributed by atoms with Crippen LogP contribution in [0.15, 0.2) is 36.7 Å². The maximum Gasteiger partial charge on any atom is 0.160 e. The van der Waals surface area contributed by atoms with Crippen LogP contribution in [-0.4, -0.2) is 46.7 Å². The van der Waals surface area contributed by atoms with E-state index in [1.165, 1.54) is 19.3 Å². The Morgan fingerprint density at radius 1 is 1.20 bits per heavy atom. The second-order valence-corrected chi connectivity index (χ2v) is 8.84. The molecule has 2 N–H and O–H groups in total. The number of hydrogen-bond acceptors (Lipinski definition) is 7. The van der Waals surface area contributed by atoms with E-state index in [4.69, 9.17) is 21.3 Å². The van der Waals surface area contributed by atoms with Gasteiger partial charge in [0.1, 0.15) is 23.4 Å². The summed E-state index contributed by atoms with van der Waals surface area (Å²) in [5.74, 6) is 3.03. The largest absolute Gasteiger partial charge is 0.492 e. The predicted octanol–water partition coefficient (Wildman–Crippen LogP) is 3.76. The molecular formula is C22H23ClN6O. The molecule has 2 bridgehead atoms. The molecule has 3 fully saturated rings. The van der Waals surface area contributed by atoms with Crippen molar-refractivity contribution in [3.63, 3.8) is 0 Å². The monoisotopic (exact) mass is 422 g/mol. The van der Waals surface area contributed by atoms with Gasteiger partial charge in [-0.15, -0.1) is 0 Å². The fraction of sp³-hybridized carbons (Fsp3) is 0.409. The predicted molar refractivity (Wildman–Crippen MR) is 118 cm³/mol. The molecule has 154 valence electrons. The Hall–Kier alpha value is -2.64. The summed E-state index contributed by atoms with van der Waals surface area (Å²) in [5, 5.41) is 7.54. The minimum atomic E-state index is 0.517. The highest BCUT2D eigenvalue weighted by Crippen LogP contribution is 2.34. The number of nitrogens with one attached hydrogen (secondary N) is 2. The minimum absolute atomic E-state index is 0.517. The van der Waals surface area contributed by atoms with Crippen LogP contribution >= 0.6 is 11.6 Å². The molecule has 2 saturated heterocycles. The molecule has 2 atom stereocenters. The molecule has 4 heterocycles. The summed E-state index contributed by atoms with van der Waals surface area (Å²) in [4.78, 5) is 16.2. The molecule has 2 aromatic heterocycles. The Morgan fingerprint density at radius 2 is 2.13 bits per heavy atom. The van der Waals surface area contributed by atoms with Crippen LogP contribution < -0.4 is 20.3 Å². The molecule has 8 heteroatoms. The van der Waals surface area contributed by atoms with E-state index in [2.05, 4.69) is 31.6 Å². The van der Waals surface area contributed by atoms with Crippen LogP contribution in [0, 0.1) is 5.92 Å². The van der Waals surface area contributed by atoms with Gasteiger partial charge in [-0.1, -0.05) is 11.6 Å². The van der Waals surface area contributed by atoms with Crippen LogP contribution in [0.4, 0.5) is 17.3 Å². The molecule has 0 spiro atoms. The van der Waals surface area contributed by atoms with Crippen molar-refractivity contribution in [1.82, 2.24) is 20.3 Å². The summed E-state index contributed by atoms with van der Waals surface area (Å²) in [5.41, 5.74) is 2.45. The number of halogens is 1. The maximum absolute atomic E-state index is 6.32. The van der Waals surface area contributed by atoms with Crippen molar-refractivity contribution in [2.75, 3.05) is 29.9 Å². The van der Waals surface area contributed by atoms with Crippen molar-refractivity contribution in [2.45, 2.75) is 31.3 Å². The van der Waals surface area contributed by atoms with Gasteiger partial charge in [0.2, 0.25) is 0 Å². The summed E-state index contributed by atoms with van der Waals surface area (Å²) < 4.78 is 5.91. The van der Waals surface area contributed by atoms with Crippen LogP contribution in [0.1, 0.15) is 19.3 Å². The lowest BCUT2D eigenvalue weighted by molar-refractivity contribution is 0.300. The average molecular weight is 423 g/mol. The van der Waals surface area contributed by atoms with Gasteiger partial charge in [-0.3, -0.25) is 0 Å². The molecule has 0 unspecified atom stereocenters. The number of pyridine rings is 1. The Bertz CT molecular complexity index is 1100. The minimum Gasteiger partial charge on any atom is -0.492 e. The summed E-state index contributed by atoms with van der Waals surface area (Å²) in [6, 6.07) is 10.9. The first-order valence-electron chi connectivity index (χ1n) is 10.5. The second-order valence-electron chi connectivity index (χ2n) is 8.43. The van der Waals surface area contributed by atoms with Gasteiger partial charge in [0.25, 0.3) is 0 Å². The summed E-state index contributed by atoms with van der Waals surface area (Å²) in [7, 11) is 0. The third kappa shape index (κ3) is 3.42. The molecule has 6 rings (SSSR count). The van der Waals surface area contributed by atoms with Crippen LogP contribution in [0.5, 0.6) is 5.75 Å². The first-order chi connectivity index (χ1) is 14.7. The van der Waals surface area contributed by atoms with Crippen LogP contribution in [0.3, 0.4) is 0 Å². The highest BCUT2D eigenvalue weighted by atomic mass is 35.5. The number of fused-ring (bicyclic) bond motifs is 3. The zero-order valence-electron chi connectivity index (χ0n) is 16.5. The lowest BCUT2D eigenvalue weighted by atomic mass is 10.2. The Labute approximate surface area is 179 Å². The van der Waals surface area contributed by atoms with Crippen molar-refractivity contribution in [1.29, 1.82) is 0 Å². The molecule has 3 aliphatic rings. The van der Waals surface area contributed by atoms with Crippen molar-refractivity contribution >= 4 is 40.0 Å². The Morgan fingerprint density at radius 3 is 2.93 bits per heavy atom. The first kappa shape index (κ1) is 18.2. The number of aromatic nitrogens is 3. The number of piperazine rings is 1. The molecule has 7 nitrogen and oxygen atoms in total. The number of nitrogens with zero attached hydrogens (tertiary/aromatic N) is 4. The molecule has 0 radical (unpaired) electrons. The zero-order valence-corrected chi connectivity index (χ0v) is 17.3. The van der Waals surface area contributed by atoms with Gasteiger partial charge in [0.05, 0.1) is 17.1 Å². The van der Waals surface area contributed by atoms with Crippen LogP contribution in [0.2, 0.25) is 5.02 Å². The third-order valence-electron chi connectivity index (χ3n) is 6.18. The molecule has 0 amide bonds. The summed E-state index contributed by atoms with van der Waals surface area (Å²) >= 11 is 6.32. The Balaban J connectivity index is 1.29. The van der Waals surface area contributed by atoms with Crippen molar-refractivity contribution < 1.29 is 4.74 Å². The lowest BCUT2D eigenvalue weighted by Crippen LogP contribution is -2.44. The number of ether oxygens (including phenoxy) is 1. The lowest BCUT2D eigenvalue weighted by Gasteiger charge is -2.28. The average Bonchev–Trinajstić information content (AvgIpc) is 3.35. The zero-order chi connectivity index (χ0) is 20.1. The molecular weight excluding hydrogens is 400 g/mol. The van der Waals surface area contributed by atoms with Crippen molar-refractivity contribution in [2.24, 2.45) is 5.92 Å². The van der Waals surface area contributed by atoms with E-state index in [0.717, 1.165) is 42.2 Å². The number of hydrogen-bond donors (Lipinski definition) is 2. The molecule has 1 aromatic carbocycles. The van der Waals surface area contributed by atoms with Gasteiger partial charge in [-0.2, -0.15) is 0 Å². The third-order valence-corrected chi connectivity index (χ3v) is 6.50. The van der Waals surface area contributed by atoms with E-state index < -0.39 is 0 Å². The van der Waals surface area contributed by atoms with Gasteiger partial charge in [0.15, 0.2) is 5.82 Å². The van der Waals surface area contributed by atoms with Gasteiger partial charge < -0.3 is 20.3 Å². The fourth-order valence-corrected chi connectivity index (χ4v) is 4.52. The maximum atomic E-state index is 6.32. The highest BCUT2D eigenvalue weighted by molar-refractivity contribution is 6.32. The van der Waals surface area contributed by atoms with Crippen molar-refractivity contribution in [3.8, 4) is 5.75 Å². The second kappa shape index (κ2) is 7.25. The number of rotatable bonds is 6. The number of anilines is 3. The smallest absolute Gasteiger partial charge is 0.160 e. The van der Waals surface area contributed by atoms with Crippen molar-refractivity contribution in [3.05, 3.63) is 41.7 Å². The molecule has 3 aromatic rings. The van der Waals surface area contributed by atoms with E-state index in [1.54, 1.807) is 6.33 Å².